The number of nitrogens with one attached hydrogen (secondary N) is 3. The number of carbonyl (C=O) groups is 1. The largest absolute Gasteiger partial charge is 0.491 e. The minimum Gasteiger partial charge on any atom is -0.491 e. The number of carbonyl (C=O) groups excluding carboxylic acids is 1. The van der Waals surface area contributed by atoms with Gasteiger partial charge in [-0.2, -0.15) is 5.10 Å². The highest BCUT2D eigenvalue weighted by Gasteiger charge is 2.15. The first-order valence-electron chi connectivity index (χ1n) is 8.90. The van der Waals surface area contributed by atoms with E-state index in [0.717, 1.165) is 22.0 Å². The van der Waals surface area contributed by atoms with Crippen LogP contribution in [0.3, 0.4) is 0 Å². The van der Waals surface area contributed by atoms with Crippen molar-refractivity contribution in [2.45, 2.75) is 6.43 Å². The molecule has 6 nitrogen and oxygen atoms in total. The van der Waals surface area contributed by atoms with Crippen LogP contribution in [0, 0.1) is 0 Å². The highest BCUT2D eigenvalue weighted by molar-refractivity contribution is 6.27. The third kappa shape index (κ3) is 3.88. The number of fused-ring (bicyclic) bond motifs is 2. The maximum atomic E-state index is 12.9. The summed E-state index contributed by atoms with van der Waals surface area (Å²) in [6.45, 7) is 0.639. The van der Waals surface area contributed by atoms with Gasteiger partial charge in [0.25, 0.3) is 6.43 Å². The van der Waals surface area contributed by atoms with Gasteiger partial charge in [0.05, 0.1) is 17.8 Å². The van der Waals surface area contributed by atoms with Crippen LogP contribution < -0.4 is 10.1 Å². The zero-order valence-corrected chi connectivity index (χ0v) is 15.9. The maximum Gasteiger partial charge on any atom is 0.263 e. The zero-order valence-electron chi connectivity index (χ0n) is 15.1. The Hall–Kier alpha value is -3.13. The Bertz CT molecular complexity index is 1170. The number of aromatic amines is 2. The summed E-state index contributed by atoms with van der Waals surface area (Å²) in [5.41, 5.74) is 2.71. The van der Waals surface area contributed by atoms with Gasteiger partial charge in [0.15, 0.2) is 0 Å². The number of benzene rings is 2. The molecule has 0 unspecified atom stereocenters. The Morgan fingerprint density at radius 1 is 1.17 bits per heavy atom. The van der Waals surface area contributed by atoms with Gasteiger partial charge in [-0.1, -0.05) is 18.2 Å². The van der Waals surface area contributed by atoms with Crippen molar-refractivity contribution < 1.29 is 18.3 Å². The summed E-state index contributed by atoms with van der Waals surface area (Å²) in [5, 5.41) is 11.3. The molecule has 0 radical (unpaired) electrons. The van der Waals surface area contributed by atoms with Gasteiger partial charge in [-0.3, -0.25) is 9.89 Å². The standard InChI is InChI=1S/C20H17ClF2N4O2/c21-10-18(28)24-6-7-29-17-3-1-2-14-13(17)9-16(25-14)19-12-5-4-11(20(22)23)8-15(12)26-27-19/h1-5,8-9,20,25H,6-7,10H2,(H,24,28)(H,26,27). The van der Waals surface area contributed by atoms with Crippen LogP contribution in [0.5, 0.6) is 5.75 Å². The Balaban J connectivity index is 1.61. The molecule has 0 atom stereocenters. The number of nitrogens with zero attached hydrogens (tertiary/aromatic N) is 1. The minimum atomic E-state index is -2.53. The summed E-state index contributed by atoms with van der Waals surface area (Å²) in [5.74, 6) is 0.315. The van der Waals surface area contributed by atoms with E-state index in [4.69, 9.17) is 16.3 Å². The molecule has 0 aliphatic carbocycles. The summed E-state index contributed by atoms with van der Waals surface area (Å²) in [4.78, 5) is 14.5. The van der Waals surface area contributed by atoms with Crippen molar-refractivity contribution in [3.8, 4) is 17.1 Å². The van der Waals surface area contributed by atoms with E-state index in [1.54, 1.807) is 6.07 Å². The third-order valence-corrected chi connectivity index (χ3v) is 4.76. The Morgan fingerprint density at radius 2 is 2.03 bits per heavy atom. The van der Waals surface area contributed by atoms with Crippen LogP contribution in [0.1, 0.15) is 12.0 Å². The van der Waals surface area contributed by atoms with Crippen LogP contribution in [0.25, 0.3) is 33.2 Å². The molecule has 2 aromatic carbocycles. The molecule has 3 N–H and O–H groups in total. The van der Waals surface area contributed by atoms with Crippen molar-refractivity contribution in [1.82, 2.24) is 20.5 Å². The van der Waals surface area contributed by atoms with Crippen molar-refractivity contribution in [3.05, 3.63) is 48.0 Å². The average Bonchev–Trinajstić information content (AvgIpc) is 3.34. The molecule has 2 heterocycles. The van der Waals surface area contributed by atoms with Gasteiger partial charge < -0.3 is 15.0 Å². The van der Waals surface area contributed by atoms with Crippen LogP contribution >= 0.6 is 11.6 Å². The van der Waals surface area contributed by atoms with E-state index in [0.29, 0.717) is 30.1 Å². The highest BCUT2D eigenvalue weighted by Crippen LogP contribution is 2.33. The summed E-state index contributed by atoms with van der Waals surface area (Å²) in [7, 11) is 0. The van der Waals surface area contributed by atoms with Crippen molar-refractivity contribution in [3.63, 3.8) is 0 Å². The number of H-pyrrole nitrogens is 2. The summed E-state index contributed by atoms with van der Waals surface area (Å²) in [6, 6.07) is 11.9. The first kappa shape index (κ1) is 19.2. The van der Waals surface area contributed by atoms with Crippen LogP contribution in [0.4, 0.5) is 8.78 Å². The summed E-state index contributed by atoms with van der Waals surface area (Å²) >= 11 is 5.44. The Kier molecular flexibility index (Phi) is 5.35. The number of rotatable bonds is 7. The van der Waals surface area contributed by atoms with Crippen LogP contribution in [0.15, 0.2) is 42.5 Å². The number of ether oxygens (including phenoxy) is 1. The lowest BCUT2D eigenvalue weighted by molar-refractivity contribution is -0.118. The van der Waals surface area contributed by atoms with E-state index in [1.807, 2.05) is 24.3 Å². The molecular formula is C20H17ClF2N4O2. The first-order chi connectivity index (χ1) is 14.1. The molecule has 0 aliphatic rings. The predicted octanol–water partition coefficient (Wildman–Crippen LogP) is 4.38. The van der Waals surface area contributed by atoms with Gasteiger partial charge >= 0.3 is 0 Å². The lowest BCUT2D eigenvalue weighted by Crippen LogP contribution is -2.28. The van der Waals surface area contributed by atoms with E-state index in [1.165, 1.54) is 12.1 Å². The topological polar surface area (TPSA) is 82.8 Å². The highest BCUT2D eigenvalue weighted by atomic mass is 35.5. The molecule has 4 aromatic rings. The van der Waals surface area contributed by atoms with Crippen molar-refractivity contribution in [1.29, 1.82) is 0 Å². The zero-order chi connectivity index (χ0) is 20.4. The maximum absolute atomic E-state index is 12.9. The fraction of sp³-hybridized carbons (Fsp3) is 0.200. The van der Waals surface area contributed by atoms with Gasteiger partial charge in [0.1, 0.15) is 23.9 Å². The van der Waals surface area contributed by atoms with E-state index in [2.05, 4.69) is 20.5 Å². The second-order valence-electron chi connectivity index (χ2n) is 6.41. The van der Waals surface area contributed by atoms with Crippen molar-refractivity contribution >= 4 is 39.3 Å². The first-order valence-corrected chi connectivity index (χ1v) is 9.44. The fourth-order valence-electron chi connectivity index (χ4n) is 3.16. The molecule has 9 heteroatoms. The second-order valence-corrected chi connectivity index (χ2v) is 6.68. The predicted molar refractivity (Wildman–Crippen MR) is 108 cm³/mol. The quantitative estimate of drug-likeness (QED) is 0.307. The van der Waals surface area contributed by atoms with Crippen LogP contribution in [-0.2, 0) is 4.79 Å². The SMILES string of the molecule is O=C(CCl)NCCOc1cccc2[nH]c(-c3n[nH]c4cc(C(F)F)ccc34)cc12. The molecular weight excluding hydrogens is 402 g/mol. The molecule has 1 amide bonds. The monoisotopic (exact) mass is 418 g/mol. The van der Waals surface area contributed by atoms with E-state index in [9.17, 15) is 13.6 Å². The van der Waals surface area contributed by atoms with Crippen LogP contribution in [-0.4, -0.2) is 40.1 Å². The molecule has 0 bridgehead atoms. The minimum absolute atomic E-state index is 0.0544. The van der Waals surface area contributed by atoms with Crippen LogP contribution in [0.2, 0.25) is 0 Å². The van der Waals surface area contributed by atoms with Gasteiger partial charge in [0, 0.05) is 21.9 Å². The number of hydrogen-bond acceptors (Lipinski definition) is 3. The Labute approximate surface area is 169 Å². The van der Waals surface area contributed by atoms with Gasteiger partial charge in [0.2, 0.25) is 5.91 Å². The fourth-order valence-corrected chi connectivity index (χ4v) is 3.25. The summed E-state index contributed by atoms with van der Waals surface area (Å²) in [6.07, 6.45) is -2.53. The molecule has 150 valence electrons. The number of hydrogen-bond donors (Lipinski definition) is 3. The molecule has 0 fully saturated rings. The average molecular weight is 419 g/mol. The third-order valence-electron chi connectivity index (χ3n) is 4.52. The number of aromatic nitrogens is 3. The Morgan fingerprint density at radius 3 is 2.83 bits per heavy atom. The smallest absolute Gasteiger partial charge is 0.263 e. The number of amides is 1. The number of halogens is 3. The van der Waals surface area contributed by atoms with Gasteiger partial charge in [-0.15, -0.1) is 11.6 Å². The molecule has 4 rings (SSSR count). The number of alkyl halides is 3. The van der Waals surface area contributed by atoms with Gasteiger partial charge in [-0.05, 0) is 24.3 Å². The normalized spacial score (nSPS) is 11.4. The lowest BCUT2D eigenvalue weighted by atomic mass is 10.1. The lowest BCUT2D eigenvalue weighted by Gasteiger charge is -2.07. The second kappa shape index (κ2) is 8.08. The molecule has 0 saturated heterocycles. The van der Waals surface area contributed by atoms with E-state index < -0.39 is 6.43 Å². The van der Waals surface area contributed by atoms with Crippen molar-refractivity contribution in [2.24, 2.45) is 0 Å². The van der Waals surface area contributed by atoms with Crippen molar-refractivity contribution in [2.75, 3.05) is 19.0 Å². The molecule has 0 spiro atoms. The van der Waals surface area contributed by atoms with E-state index >= 15 is 0 Å². The molecule has 0 saturated carbocycles. The van der Waals surface area contributed by atoms with E-state index in [-0.39, 0.29) is 17.4 Å². The molecule has 2 aromatic heterocycles. The summed E-state index contributed by atoms with van der Waals surface area (Å²) < 4.78 is 31.6. The molecule has 29 heavy (non-hydrogen) atoms. The molecule has 0 aliphatic heterocycles. The van der Waals surface area contributed by atoms with Gasteiger partial charge in [-0.25, -0.2) is 8.78 Å².